The predicted molar refractivity (Wildman–Crippen MR) is 105 cm³/mol. The third-order valence-corrected chi connectivity index (χ3v) is 4.59. The van der Waals surface area contributed by atoms with Crippen molar-refractivity contribution in [1.29, 1.82) is 0 Å². The number of hydrogen-bond acceptors (Lipinski definition) is 4. The van der Waals surface area contributed by atoms with E-state index in [1.165, 1.54) is 5.56 Å². The molecule has 1 heterocycles. The fourth-order valence-corrected chi connectivity index (χ4v) is 3.10. The van der Waals surface area contributed by atoms with Gasteiger partial charge in [0.15, 0.2) is 0 Å². The molecule has 1 atom stereocenters. The highest BCUT2D eigenvalue weighted by Crippen LogP contribution is 2.20. The number of nitrogens with one attached hydrogen (secondary N) is 2. The summed E-state index contributed by atoms with van der Waals surface area (Å²) in [6.07, 6.45) is 2.15. The van der Waals surface area contributed by atoms with Gasteiger partial charge in [0.05, 0.1) is 12.6 Å². The molecule has 0 bridgehead atoms. The fourth-order valence-electron chi connectivity index (χ4n) is 2.40. The lowest BCUT2D eigenvalue weighted by Gasteiger charge is -2.24. The monoisotopic (exact) mass is 361 g/mol. The van der Waals surface area contributed by atoms with Crippen molar-refractivity contribution in [2.75, 3.05) is 32.6 Å². The molecule has 6 heteroatoms. The topological polar surface area (TPSA) is 53.6 Å². The number of carbonyl (C=O) groups excluding carboxylic acids is 1. The summed E-state index contributed by atoms with van der Waals surface area (Å²) in [7, 11) is 4.03. The normalized spacial score (nSPS) is 12.0. The maximum atomic E-state index is 12.1. The lowest BCUT2D eigenvalue weighted by molar-refractivity contribution is 0.243. The van der Waals surface area contributed by atoms with Crippen LogP contribution in [0.1, 0.15) is 31.4 Å². The number of thiophene rings is 1. The lowest BCUT2D eigenvalue weighted by Crippen LogP contribution is -2.36. The predicted octanol–water partition coefficient (Wildman–Crippen LogP) is 4.35. The van der Waals surface area contributed by atoms with E-state index >= 15 is 0 Å². The molecule has 0 aliphatic carbocycles. The van der Waals surface area contributed by atoms with Crippen LogP contribution in [0.4, 0.5) is 10.5 Å². The molecule has 0 aliphatic rings. The van der Waals surface area contributed by atoms with E-state index in [0.29, 0.717) is 6.54 Å². The molecule has 0 saturated carbocycles. The highest BCUT2D eigenvalue weighted by atomic mass is 32.1. The largest absolute Gasteiger partial charge is 0.494 e. The molecule has 1 aromatic heterocycles. The minimum Gasteiger partial charge on any atom is -0.494 e. The van der Waals surface area contributed by atoms with Crippen LogP contribution in [-0.4, -0.2) is 38.2 Å². The van der Waals surface area contributed by atoms with E-state index in [1.54, 1.807) is 11.3 Å². The van der Waals surface area contributed by atoms with Crippen molar-refractivity contribution in [2.24, 2.45) is 0 Å². The summed E-state index contributed by atoms with van der Waals surface area (Å²) in [5.74, 6) is 0.824. The SMILES string of the molecule is CCCCOc1ccc(NC(=O)NC[C@@H](c2ccsc2)N(C)C)cc1. The van der Waals surface area contributed by atoms with E-state index in [0.717, 1.165) is 30.9 Å². The third kappa shape index (κ3) is 6.40. The second-order valence-electron chi connectivity index (χ2n) is 6.10. The van der Waals surface area contributed by atoms with Gasteiger partial charge in [-0.05, 0) is 67.2 Å². The number of carbonyl (C=O) groups is 1. The minimum atomic E-state index is -0.207. The fraction of sp³-hybridized carbons (Fsp3) is 0.421. The molecule has 25 heavy (non-hydrogen) atoms. The number of unbranched alkanes of at least 4 members (excludes halogenated alkanes) is 1. The maximum Gasteiger partial charge on any atom is 0.319 e. The smallest absolute Gasteiger partial charge is 0.319 e. The third-order valence-electron chi connectivity index (χ3n) is 3.89. The summed E-state index contributed by atoms with van der Waals surface area (Å²) < 4.78 is 5.62. The quantitative estimate of drug-likeness (QED) is 0.653. The van der Waals surface area contributed by atoms with Gasteiger partial charge in [-0.1, -0.05) is 13.3 Å². The first-order chi connectivity index (χ1) is 12.1. The number of urea groups is 1. The summed E-state index contributed by atoms with van der Waals surface area (Å²) in [6.45, 7) is 3.40. The standard InChI is InChI=1S/C19H27N3O2S/c1-4-5-11-24-17-8-6-16(7-9-17)21-19(23)20-13-18(22(2)3)15-10-12-25-14-15/h6-10,12,14,18H,4-5,11,13H2,1-3H3,(H2,20,21,23)/t18-/m0/s1. The Balaban J connectivity index is 1.81. The van der Waals surface area contributed by atoms with Crippen molar-refractivity contribution in [3.05, 3.63) is 46.7 Å². The molecule has 0 saturated heterocycles. The zero-order valence-electron chi connectivity index (χ0n) is 15.1. The van der Waals surface area contributed by atoms with Crippen LogP contribution in [0.15, 0.2) is 41.1 Å². The van der Waals surface area contributed by atoms with Gasteiger partial charge in [0.2, 0.25) is 0 Å². The molecule has 0 fully saturated rings. The van der Waals surface area contributed by atoms with Crippen molar-refractivity contribution in [3.63, 3.8) is 0 Å². The molecule has 136 valence electrons. The molecule has 0 unspecified atom stereocenters. The Labute approximate surface area is 154 Å². The number of hydrogen-bond donors (Lipinski definition) is 2. The van der Waals surface area contributed by atoms with Crippen LogP contribution in [-0.2, 0) is 0 Å². The van der Waals surface area contributed by atoms with Crippen molar-refractivity contribution < 1.29 is 9.53 Å². The molecular weight excluding hydrogens is 334 g/mol. The molecule has 2 N–H and O–H groups in total. The number of nitrogens with zero attached hydrogens (tertiary/aromatic N) is 1. The Morgan fingerprint density at radius 2 is 2.00 bits per heavy atom. The number of anilines is 1. The number of amides is 2. The zero-order valence-corrected chi connectivity index (χ0v) is 15.9. The van der Waals surface area contributed by atoms with Gasteiger partial charge >= 0.3 is 6.03 Å². The van der Waals surface area contributed by atoms with Crippen LogP contribution in [0.2, 0.25) is 0 Å². The maximum absolute atomic E-state index is 12.1. The van der Waals surface area contributed by atoms with E-state index < -0.39 is 0 Å². The van der Waals surface area contributed by atoms with E-state index in [9.17, 15) is 4.79 Å². The molecule has 0 aliphatic heterocycles. The number of benzene rings is 1. The van der Waals surface area contributed by atoms with Crippen LogP contribution >= 0.6 is 11.3 Å². The lowest BCUT2D eigenvalue weighted by atomic mass is 10.1. The van der Waals surface area contributed by atoms with Crippen molar-refractivity contribution >= 4 is 23.1 Å². The number of likely N-dealkylation sites (N-methyl/N-ethyl adjacent to an activating group) is 1. The van der Waals surface area contributed by atoms with Crippen molar-refractivity contribution in [1.82, 2.24) is 10.2 Å². The van der Waals surface area contributed by atoms with Gasteiger partial charge < -0.3 is 20.3 Å². The van der Waals surface area contributed by atoms with Gasteiger partial charge in [-0.25, -0.2) is 4.79 Å². The first-order valence-corrected chi connectivity index (χ1v) is 9.50. The Morgan fingerprint density at radius 3 is 2.60 bits per heavy atom. The molecule has 2 amide bonds. The van der Waals surface area contributed by atoms with Crippen molar-refractivity contribution in [2.45, 2.75) is 25.8 Å². The Kier molecular flexibility index (Phi) is 7.76. The summed E-state index contributed by atoms with van der Waals surface area (Å²) in [5.41, 5.74) is 1.96. The van der Waals surface area contributed by atoms with Gasteiger partial charge in [-0.2, -0.15) is 11.3 Å². The summed E-state index contributed by atoms with van der Waals surface area (Å²) >= 11 is 1.66. The summed E-state index contributed by atoms with van der Waals surface area (Å²) in [6, 6.07) is 9.49. The van der Waals surface area contributed by atoms with Crippen LogP contribution in [0.25, 0.3) is 0 Å². The first-order valence-electron chi connectivity index (χ1n) is 8.56. The molecule has 5 nitrogen and oxygen atoms in total. The first kappa shape index (κ1) is 19.3. The van der Waals surface area contributed by atoms with Crippen LogP contribution in [0.5, 0.6) is 5.75 Å². The molecule has 1 aromatic carbocycles. The average Bonchev–Trinajstić information content (AvgIpc) is 3.11. The second-order valence-corrected chi connectivity index (χ2v) is 6.88. The van der Waals surface area contributed by atoms with E-state index in [-0.39, 0.29) is 12.1 Å². The average molecular weight is 362 g/mol. The molecule has 0 spiro atoms. The van der Waals surface area contributed by atoms with Gasteiger partial charge in [-0.15, -0.1) is 0 Å². The second kappa shape index (κ2) is 10.1. The summed E-state index contributed by atoms with van der Waals surface area (Å²) in [4.78, 5) is 14.2. The highest BCUT2D eigenvalue weighted by molar-refractivity contribution is 7.07. The van der Waals surface area contributed by atoms with Gasteiger partial charge in [0.25, 0.3) is 0 Å². The number of rotatable bonds is 9. The van der Waals surface area contributed by atoms with E-state index in [1.807, 2.05) is 38.4 Å². The van der Waals surface area contributed by atoms with E-state index in [2.05, 4.69) is 39.3 Å². The van der Waals surface area contributed by atoms with Crippen LogP contribution in [0, 0.1) is 0 Å². The van der Waals surface area contributed by atoms with Gasteiger partial charge in [-0.3, -0.25) is 0 Å². The van der Waals surface area contributed by atoms with Crippen LogP contribution < -0.4 is 15.4 Å². The van der Waals surface area contributed by atoms with Gasteiger partial charge in [0.1, 0.15) is 5.75 Å². The Morgan fingerprint density at radius 1 is 1.24 bits per heavy atom. The molecule has 2 rings (SSSR count). The molecule has 0 radical (unpaired) electrons. The van der Waals surface area contributed by atoms with Gasteiger partial charge in [0, 0.05) is 12.2 Å². The number of ether oxygens (including phenoxy) is 1. The summed E-state index contributed by atoms with van der Waals surface area (Å²) in [5, 5.41) is 9.96. The van der Waals surface area contributed by atoms with E-state index in [4.69, 9.17) is 4.74 Å². The Hall–Kier alpha value is -2.05. The molecular formula is C19H27N3O2S. The molecule has 2 aromatic rings. The zero-order chi connectivity index (χ0) is 18.1. The van der Waals surface area contributed by atoms with Crippen molar-refractivity contribution in [3.8, 4) is 5.75 Å². The highest BCUT2D eigenvalue weighted by Gasteiger charge is 2.15. The van der Waals surface area contributed by atoms with Crippen LogP contribution in [0.3, 0.4) is 0 Å². The Bertz CT molecular complexity index is 627. The minimum absolute atomic E-state index is 0.159.